The molecule has 0 amide bonds. The number of hydrogen-bond donors (Lipinski definition) is 2. The second-order valence-corrected chi connectivity index (χ2v) is 4.57. The number of carbonyl (C=O) groups is 1. The van der Waals surface area contributed by atoms with Gasteiger partial charge in [-0.15, -0.1) is 0 Å². The fourth-order valence-electron chi connectivity index (χ4n) is 1.63. The third-order valence-corrected chi connectivity index (χ3v) is 2.74. The van der Waals surface area contributed by atoms with E-state index in [9.17, 15) is 4.79 Å². The lowest BCUT2D eigenvalue weighted by atomic mass is 10.1. The lowest BCUT2D eigenvalue weighted by Crippen LogP contribution is -2.04. The minimum Gasteiger partial charge on any atom is -0.481 e. The van der Waals surface area contributed by atoms with Crippen LogP contribution in [0, 0.1) is 0 Å². The van der Waals surface area contributed by atoms with Crippen molar-refractivity contribution in [3.63, 3.8) is 0 Å². The van der Waals surface area contributed by atoms with E-state index in [0.717, 1.165) is 32.1 Å². The Morgan fingerprint density at radius 2 is 1.95 bits per heavy atom. The molecule has 0 bridgehead atoms. The van der Waals surface area contributed by atoms with Crippen molar-refractivity contribution in [1.29, 1.82) is 0 Å². The van der Waals surface area contributed by atoms with E-state index in [-0.39, 0.29) is 12.5 Å². The first-order valence-electron chi connectivity index (χ1n) is 7.21. The molecule has 0 rings (SSSR count). The molecule has 0 fully saturated rings. The topological polar surface area (TPSA) is 66.8 Å². The van der Waals surface area contributed by atoms with Gasteiger partial charge in [0.2, 0.25) is 0 Å². The molecular formula is C16H26O4. The normalized spacial score (nSPS) is 13.7. The lowest BCUT2D eigenvalue weighted by molar-refractivity contribution is -0.264. The number of carboxylic acid groups (broad SMARTS) is 1. The van der Waals surface area contributed by atoms with Gasteiger partial charge in [0.05, 0.1) is 0 Å². The molecule has 0 unspecified atom stereocenters. The lowest BCUT2D eigenvalue weighted by Gasteiger charge is -2.03. The molecule has 0 radical (unpaired) electrons. The Balaban J connectivity index is 3.67. The van der Waals surface area contributed by atoms with Gasteiger partial charge in [-0.05, 0) is 32.1 Å². The fourth-order valence-corrected chi connectivity index (χ4v) is 1.63. The zero-order valence-corrected chi connectivity index (χ0v) is 12.2. The number of rotatable bonds is 12. The summed E-state index contributed by atoms with van der Waals surface area (Å²) in [6.45, 7) is 2.06. The molecule has 0 aromatic rings. The van der Waals surface area contributed by atoms with Crippen LogP contribution in [0.5, 0.6) is 0 Å². The van der Waals surface area contributed by atoms with Gasteiger partial charge in [-0.2, -0.15) is 0 Å². The van der Waals surface area contributed by atoms with E-state index in [1.54, 1.807) is 6.08 Å². The molecule has 114 valence electrons. The van der Waals surface area contributed by atoms with Gasteiger partial charge in [0.25, 0.3) is 0 Å². The zero-order valence-electron chi connectivity index (χ0n) is 12.2. The molecule has 0 saturated carbocycles. The summed E-state index contributed by atoms with van der Waals surface area (Å²) in [6, 6.07) is 0. The Morgan fingerprint density at radius 3 is 2.60 bits per heavy atom. The highest BCUT2D eigenvalue weighted by atomic mass is 17.1. The van der Waals surface area contributed by atoms with Crippen LogP contribution in [0.25, 0.3) is 0 Å². The van der Waals surface area contributed by atoms with Crippen molar-refractivity contribution in [2.45, 2.75) is 58.0 Å². The van der Waals surface area contributed by atoms with Crippen molar-refractivity contribution in [2.75, 3.05) is 0 Å². The van der Waals surface area contributed by atoms with Crippen LogP contribution < -0.4 is 0 Å². The first-order valence-corrected chi connectivity index (χ1v) is 7.21. The molecular weight excluding hydrogens is 256 g/mol. The zero-order chi connectivity index (χ0) is 15.1. The van der Waals surface area contributed by atoms with Crippen molar-refractivity contribution in [3.8, 4) is 0 Å². The smallest absolute Gasteiger partial charge is 0.303 e. The van der Waals surface area contributed by atoms with Gasteiger partial charge in [-0.1, -0.05) is 49.8 Å². The van der Waals surface area contributed by atoms with Gasteiger partial charge in [0.1, 0.15) is 6.10 Å². The fraction of sp³-hybridized carbons (Fsp3) is 0.562. The summed E-state index contributed by atoms with van der Waals surface area (Å²) in [5.41, 5.74) is 0. The Morgan fingerprint density at radius 1 is 1.15 bits per heavy atom. The standard InChI is InChI=1S/C16H26O4/c1-2-3-9-12-15(20-19)13-10-7-5-4-6-8-11-14-16(17)18/h3,5,7,9-10,13,15,19H,2,4,6,8,11-12,14H2,1H3,(H,17,18)/t15-/m0/s1. The average molecular weight is 282 g/mol. The highest BCUT2D eigenvalue weighted by Crippen LogP contribution is 2.04. The number of hydrogen-bond acceptors (Lipinski definition) is 3. The van der Waals surface area contributed by atoms with E-state index in [4.69, 9.17) is 10.4 Å². The van der Waals surface area contributed by atoms with Crippen molar-refractivity contribution >= 4 is 5.97 Å². The second kappa shape index (κ2) is 14.0. The van der Waals surface area contributed by atoms with Crippen LogP contribution in [0.4, 0.5) is 0 Å². The number of unbranched alkanes of at least 4 members (excludes halogenated alkanes) is 3. The number of carboxylic acids is 1. The minimum absolute atomic E-state index is 0.254. The first kappa shape index (κ1) is 18.6. The number of aliphatic carboxylic acids is 1. The molecule has 0 aliphatic rings. The van der Waals surface area contributed by atoms with Crippen molar-refractivity contribution in [2.24, 2.45) is 0 Å². The van der Waals surface area contributed by atoms with Crippen LogP contribution in [0.1, 0.15) is 51.9 Å². The van der Waals surface area contributed by atoms with Crippen LogP contribution in [-0.2, 0) is 9.68 Å². The molecule has 0 aliphatic carbocycles. The molecule has 0 heterocycles. The van der Waals surface area contributed by atoms with E-state index in [2.05, 4.69) is 11.8 Å². The van der Waals surface area contributed by atoms with Gasteiger partial charge < -0.3 is 5.11 Å². The Hall–Kier alpha value is -1.39. The monoisotopic (exact) mass is 282 g/mol. The largest absolute Gasteiger partial charge is 0.481 e. The average Bonchev–Trinajstić information content (AvgIpc) is 2.43. The predicted octanol–water partition coefficient (Wildman–Crippen LogP) is 4.35. The summed E-state index contributed by atoms with van der Waals surface area (Å²) in [5.74, 6) is -0.726. The molecule has 0 aromatic carbocycles. The first-order chi connectivity index (χ1) is 9.70. The van der Waals surface area contributed by atoms with Gasteiger partial charge in [0.15, 0.2) is 0 Å². The Kier molecular flexibility index (Phi) is 13.1. The van der Waals surface area contributed by atoms with Gasteiger partial charge >= 0.3 is 5.97 Å². The molecule has 0 saturated heterocycles. The molecule has 2 N–H and O–H groups in total. The SMILES string of the molecule is CCC=CC[C@@H](C=CC=CCCCCCC(=O)O)OO. The van der Waals surface area contributed by atoms with Crippen LogP contribution in [0.15, 0.2) is 36.5 Å². The summed E-state index contributed by atoms with van der Waals surface area (Å²) in [4.78, 5) is 14.7. The summed E-state index contributed by atoms with van der Waals surface area (Å²) in [6.07, 6.45) is 16.8. The van der Waals surface area contributed by atoms with Gasteiger partial charge in [-0.3, -0.25) is 10.1 Å². The molecule has 0 spiro atoms. The van der Waals surface area contributed by atoms with E-state index >= 15 is 0 Å². The summed E-state index contributed by atoms with van der Waals surface area (Å²) in [7, 11) is 0. The van der Waals surface area contributed by atoms with Crippen LogP contribution in [0.3, 0.4) is 0 Å². The van der Waals surface area contributed by atoms with E-state index in [0.29, 0.717) is 6.42 Å². The minimum atomic E-state index is -0.726. The molecule has 1 atom stereocenters. The van der Waals surface area contributed by atoms with Gasteiger partial charge in [0, 0.05) is 6.42 Å². The van der Waals surface area contributed by atoms with E-state index < -0.39 is 5.97 Å². The summed E-state index contributed by atoms with van der Waals surface area (Å²) < 4.78 is 0. The summed E-state index contributed by atoms with van der Waals surface area (Å²) >= 11 is 0. The highest BCUT2D eigenvalue weighted by Gasteiger charge is 1.99. The second-order valence-electron chi connectivity index (χ2n) is 4.57. The van der Waals surface area contributed by atoms with Crippen molar-refractivity contribution in [1.82, 2.24) is 0 Å². The highest BCUT2D eigenvalue weighted by molar-refractivity contribution is 5.66. The maximum absolute atomic E-state index is 10.3. The van der Waals surface area contributed by atoms with Crippen molar-refractivity contribution < 1.29 is 20.0 Å². The van der Waals surface area contributed by atoms with Crippen LogP contribution in [0.2, 0.25) is 0 Å². The third-order valence-electron chi connectivity index (χ3n) is 2.74. The molecule has 0 aromatic heterocycles. The maximum atomic E-state index is 10.3. The van der Waals surface area contributed by atoms with E-state index in [1.165, 1.54) is 0 Å². The van der Waals surface area contributed by atoms with Crippen molar-refractivity contribution in [3.05, 3.63) is 36.5 Å². The molecule has 20 heavy (non-hydrogen) atoms. The predicted molar refractivity (Wildman–Crippen MR) is 80.6 cm³/mol. The molecule has 4 heteroatoms. The van der Waals surface area contributed by atoms with Gasteiger partial charge in [-0.25, -0.2) is 4.89 Å². The van der Waals surface area contributed by atoms with E-state index in [1.807, 2.05) is 30.4 Å². The number of allylic oxidation sites excluding steroid dienone is 4. The Labute approximate surface area is 121 Å². The van der Waals surface area contributed by atoms with Crippen LogP contribution >= 0.6 is 0 Å². The summed E-state index contributed by atoms with van der Waals surface area (Å²) in [5, 5.41) is 17.2. The third kappa shape index (κ3) is 13.1. The molecule has 0 aliphatic heterocycles. The maximum Gasteiger partial charge on any atom is 0.303 e. The molecule has 4 nitrogen and oxygen atoms in total. The van der Waals surface area contributed by atoms with Crippen LogP contribution in [-0.4, -0.2) is 22.4 Å². The quantitative estimate of drug-likeness (QED) is 0.184. The Bertz CT molecular complexity index is 318.